The molecule has 2 heterocycles. The van der Waals surface area contributed by atoms with Crippen LogP contribution in [-0.2, 0) is 0 Å². The van der Waals surface area contributed by atoms with Crippen LogP contribution in [0.2, 0.25) is 0 Å². The van der Waals surface area contributed by atoms with Gasteiger partial charge in [-0.05, 0) is 57.0 Å². The molecule has 1 fully saturated rings. The van der Waals surface area contributed by atoms with Crippen LogP contribution in [0, 0.1) is 0 Å². The average Bonchev–Trinajstić information content (AvgIpc) is 3.03. The summed E-state index contributed by atoms with van der Waals surface area (Å²) in [6.07, 6.45) is 5.89. The molecule has 0 aliphatic heterocycles. The van der Waals surface area contributed by atoms with Gasteiger partial charge >= 0.3 is 0 Å². The van der Waals surface area contributed by atoms with E-state index >= 15 is 0 Å². The number of halogens is 1. The highest BCUT2D eigenvalue weighted by atomic mass is 79.9. The van der Waals surface area contributed by atoms with Crippen molar-refractivity contribution in [2.75, 3.05) is 0 Å². The molecule has 7 heteroatoms. The fourth-order valence-corrected chi connectivity index (χ4v) is 2.67. The Morgan fingerprint density at radius 1 is 1.44 bits per heavy atom. The van der Waals surface area contributed by atoms with Crippen molar-refractivity contribution < 1.29 is 0 Å². The molecule has 82 valence electrons. The molecule has 1 saturated carbocycles. The van der Waals surface area contributed by atoms with E-state index in [4.69, 9.17) is 0 Å². The topological polar surface area (TPSA) is 56.5 Å². The Kier molecular flexibility index (Phi) is 2.64. The van der Waals surface area contributed by atoms with Crippen LogP contribution in [0.15, 0.2) is 33.0 Å². The van der Waals surface area contributed by atoms with Crippen molar-refractivity contribution in [1.29, 1.82) is 0 Å². The normalized spacial score (nSPS) is 15.3. The number of hydrogen-bond acceptors (Lipinski definition) is 5. The zero-order chi connectivity index (χ0) is 11.0. The van der Waals surface area contributed by atoms with Crippen LogP contribution in [0.4, 0.5) is 0 Å². The lowest BCUT2D eigenvalue weighted by Gasteiger charge is -2.03. The van der Waals surface area contributed by atoms with E-state index in [0.29, 0.717) is 6.04 Å². The fourth-order valence-electron chi connectivity index (χ4n) is 1.34. The van der Waals surface area contributed by atoms with Gasteiger partial charge in [0.05, 0.1) is 6.04 Å². The lowest BCUT2D eigenvalue weighted by atomic mass is 10.5. The minimum absolute atomic E-state index is 0.498. The van der Waals surface area contributed by atoms with Crippen molar-refractivity contribution in [3.05, 3.63) is 22.9 Å². The Hall–Kier alpha value is -0.950. The summed E-state index contributed by atoms with van der Waals surface area (Å²) < 4.78 is 2.86. The Labute approximate surface area is 105 Å². The van der Waals surface area contributed by atoms with Gasteiger partial charge in [0.15, 0.2) is 0 Å². The zero-order valence-electron chi connectivity index (χ0n) is 8.25. The monoisotopic (exact) mass is 297 g/mol. The quantitative estimate of drug-likeness (QED) is 0.870. The maximum Gasteiger partial charge on any atom is 0.214 e. The molecule has 1 aliphatic rings. The standard InChI is InChI=1S/C9H8BrN5S/c10-7-5-11-4-3-8(7)16-9-12-13-14-15(9)6-1-2-6/h3-6H,1-2H2. The molecule has 0 atom stereocenters. The largest absolute Gasteiger partial charge is 0.263 e. The molecule has 5 nitrogen and oxygen atoms in total. The van der Waals surface area contributed by atoms with Gasteiger partial charge in [0.2, 0.25) is 5.16 Å². The third kappa shape index (κ3) is 1.97. The van der Waals surface area contributed by atoms with Crippen LogP contribution in [0.1, 0.15) is 18.9 Å². The third-order valence-electron chi connectivity index (χ3n) is 2.29. The molecule has 0 spiro atoms. The lowest BCUT2D eigenvalue weighted by Crippen LogP contribution is -1.98. The van der Waals surface area contributed by atoms with Gasteiger partial charge < -0.3 is 0 Å². The van der Waals surface area contributed by atoms with Crippen molar-refractivity contribution in [1.82, 2.24) is 25.2 Å². The Bertz CT molecular complexity index is 510. The smallest absolute Gasteiger partial charge is 0.214 e. The number of tetrazole rings is 1. The Morgan fingerprint density at radius 2 is 2.31 bits per heavy atom. The Morgan fingerprint density at radius 3 is 3.06 bits per heavy atom. The van der Waals surface area contributed by atoms with Crippen LogP contribution >= 0.6 is 27.7 Å². The van der Waals surface area contributed by atoms with Gasteiger partial charge in [0, 0.05) is 21.8 Å². The van der Waals surface area contributed by atoms with Crippen molar-refractivity contribution >= 4 is 27.7 Å². The predicted octanol–water partition coefficient (Wildman–Crippen LogP) is 2.32. The summed E-state index contributed by atoms with van der Waals surface area (Å²) in [6, 6.07) is 2.44. The number of nitrogens with zero attached hydrogens (tertiary/aromatic N) is 5. The summed E-state index contributed by atoms with van der Waals surface area (Å²) in [5.41, 5.74) is 0. The molecule has 0 unspecified atom stereocenters. The first-order valence-corrected chi connectivity index (χ1v) is 6.51. The second-order valence-corrected chi connectivity index (χ2v) is 5.41. The van der Waals surface area contributed by atoms with E-state index in [1.807, 2.05) is 10.7 Å². The van der Waals surface area contributed by atoms with E-state index < -0.39 is 0 Å². The first kappa shape index (κ1) is 10.2. The molecule has 1 aliphatic carbocycles. The van der Waals surface area contributed by atoms with Crippen LogP contribution in [0.3, 0.4) is 0 Å². The highest BCUT2D eigenvalue weighted by molar-refractivity contribution is 9.10. The number of pyridine rings is 1. The summed E-state index contributed by atoms with van der Waals surface area (Å²) in [7, 11) is 0. The van der Waals surface area contributed by atoms with Gasteiger partial charge in [-0.3, -0.25) is 4.98 Å². The molecule has 2 aromatic heterocycles. The molecular formula is C9H8BrN5S. The van der Waals surface area contributed by atoms with Gasteiger partial charge in [-0.15, -0.1) is 5.10 Å². The number of rotatable bonds is 3. The highest BCUT2D eigenvalue weighted by Gasteiger charge is 2.28. The highest BCUT2D eigenvalue weighted by Crippen LogP contribution is 2.39. The zero-order valence-corrected chi connectivity index (χ0v) is 10.6. The maximum atomic E-state index is 4.04. The van der Waals surface area contributed by atoms with E-state index in [-0.39, 0.29) is 0 Å². The van der Waals surface area contributed by atoms with Gasteiger partial charge in [-0.1, -0.05) is 0 Å². The fraction of sp³-hybridized carbons (Fsp3) is 0.333. The lowest BCUT2D eigenvalue weighted by molar-refractivity contribution is 0.565. The minimum Gasteiger partial charge on any atom is -0.263 e. The second-order valence-electron chi connectivity index (χ2n) is 3.55. The van der Waals surface area contributed by atoms with E-state index in [1.165, 1.54) is 12.8 Å². The molecule has 2 aromatic rings. The second kappa shape index (κ2) is 4.14. The Balaban J connectivity index is 1.88. The van der Waals surface area contributed by atoms with Crippen LogP contribution in [0.5, 0.6) is 0 Å². The van der Waals surface area contributed by atoms with Crippen LogP contribution in [-0.4, -0.2) is 25.2 Å². The average molecular weight is 298 g/mol. The maximum absolute atomic E-state index is 4.04. The first-order valence-electron chi connectivity index (χ1n) is 4.90. The molecule has 16 heavy (non-hydrogen) atoms. The molecule has 0 N–H and O–H groups in total. The van der Waals surface area contributed by atoms with Gasteiger partial charge in [0.25, 0.3) is 0 Å². The van der Waals surface area contributed by atoms with Gasteiger partial charge in [0.1, 0.15) is 0 Å². The third-order valence-corrected chi connectivity index (χ3v) is 4.21. The molecule has 0 radical (unpaired) electrons. The van der Waals surface area contributed by atoms with Crippen LogP contribution < -0.4 is 0 Å². The van der Waals surface area contributed by atoms with Crippen molar-refractivity contribution in [3.63, 3.8) is 0 Å². The first-order chi connectivity index (χ1) is 7.84. The van der Waals surface area contributed by atoms with Gasteiger partial charge in [-0.25, -0.2) is 4.68 Å². The van der Waals surface area contributed by atoms with E-state index in [9.17, 15) is 0 Å². The summed E-state index contributed by atoms with van der Waals surface area (Å²) >= 11 is 5.01. The number of aromatic nitrogens is 5. The molecule has 0 bridgehead atoms. The summed E-state index contributed by atoms with van der Waals surface area (Å²) in [6.45, 7) is 0. The summed E-state index contributed by atoms with van der Waals surface area (Å²) in [5.74, 6) is 0. The molecule has 0 aromatic carbocycles. The van der Waals surface area contributed by atoms with E-state index in [2.05, 4.69) is 36.4 Å². The van der Waals surface area contributed by atoms with E-state index in [1.54, 1.807) is 24.2 Å². The summed E-state index contributed by atoms with van der Waals surface area (Å²) in [4.78, 5) is 5.10. The predicted molar refractivity (Wildman–Crippen MR) is 62.1 cm³/mol. The molecular weight excluding hydrogens is 290 g/mol. The van der Waals surface area contributed by atoms with E-state index in [0.717, 1.165) is 14.5 Å². The molecule has 0 amide bonds. The molecule has 0 saturated heterocycles. The summed E-state index contributed by atoms with van der Waals surface area (Å²) in [5, 5.41) is 12.6. The minimum atomic E-state index is 0.498. The number of hydrogen-bond donors (Lipinski definition) is 0. The van der Waals surface area contributed by atoms with Crippen molar-refractivity contribution in [2.45, 2.75) is 28.9 Å². The van der Waals surface area contributed by atoms with Crippen molar-refractivity contribution in [2.24, 2.45) is 0 Å². The molecule has 3 rings (SSSR count). The van der Waals surface area contributed by atoms with Crippen LogP contribution in [0.25, 0.3) is 0 Å². The SMILES string of the molecule is Brc1cnccc1Sc1nnnn1C1CC1. The van der Waals surface area contributed by atoms with Gasteiger partial charge in [-0.2, -0.15) is 0 Å². The van der Waals surface area contributed by atoms with Crippen molar-refractivity contribution in [3.8, 4) is 0 Å².